The maximum atomic E-state index is 12.1. The third-order valence-electron chi connectivity index (χ3n) is 3.88. The highest BCUT2D eigenvalue weighted by Gasteiger charge is 2.18. The molecule has 1 aliphatic heterocycles. The second-order valence-electron chi connectivity index (χ2n) is 5.51. The minimum Gasteiger partial charge on any atom is -0.376 e. The summed E-state index contributed by atoms with van der Waals surface area (Å²) in [6, 6.07) is 6.53. The number of nitrogens with zero attached hydrogens (tertiary/aromatic N) is 2. The highest BCUT2D eigenvalue weighted by molar-refractivity contribution is 6.01. The lowest BCUT2D eigenvalue weighted by Gasteiger charge is -2.10. The van der Waals surface area contributed by atoms with Crippen molar-refractivity contribution in [3.8, 4) is 6.07 Å². The Morgan fingerprint density at radius 2 is 2.38 bits per heavy atom. The molecule has 1 saturated heterocycles. The van der Waals surface area contributed by atoms with Crippen LogP contribution in [0.2, 0.25) is 0 Å². The van der Waals surface area contributed by atoms with E-state index in [0.717, 1.165) is 12.8 Å². The van der Waals surface area contributed by atoms with E-state index in [1.807, 2.05) is 13.0 Å². The number of benzene rings is 1. The molecular formula is C17H19N3O4. The molecule has 1 atom stereocenters. The molecule has 0 bridgehead atoms. The zero-order valence-corrected chi connectivity index (χ0v) is 13.4. The topological polar surface area (TPSA) is 105 Å². The first kappa shape index (κ1) is 17.6. The second-order valence-corrected chi connectivity index (χ2v) is 5.51. The molecule has 1 fully saturated rings. The molecule has 0 aromatic heterocycles. The summed E-state index contributed by atoms with van der Waals surface area (Å²) in [6.45, 7) is 2.87. The first-order valence-corrected chi connectivity index (χ1v) is 7.84. The van der Waals surface area contributed by atoms with E-state index < -0.39 is 10.8 Å². The molecule has 1 amide bonds. The lowest BCUT2D eigenvalue weighted by molar-refractivity contribution is -0.385. The number of hydrogen-bond acceptors (Lipinski definition) is 5. The Kier molecular flexibility index (Phi) is 6.04. The van der Waals surface area contributed by atoms with Crippen LogP contribution in [0.15, 0.2) is 23.8 Å². The molecule has 0 spiro atoms. The van der Waals surface area contributed by atoms with Crippen molar-refractivity contribution in [2.24, 2.45) is 0 Å². The Bertz CT molecular complexity index is 700. The van der Waals surface area contributed by atoms with E-state index in [0.29, 0.717) is 30.7 Å². The number of nitriles is 1. The maximum absolute atomic E-state index is 12.1. The summed E-state index contributed by atoms with van der Waals surface area (Å²) in [4.78, 5) is 22.7. The first-order chi connectivity index (χ1) is 11.5. The van der Waals surface area contributed by atoms with E-state index in [9.17, 15) is 20.2 Å². The van der Waals surface area contributed by atoms with Gasteiger partial charge in [-0.1, -0.05) is 19.1 Å². The molecular weight excluding hydrogens is 310 g/mol. The van der Waals surface area contributed by atoms with Crippen LogP contribution in [0, 0.1) is 21.4 Å². The average molecular weight is 329 g/mol. The lowest BCUT2D eigenvalue weighted by atomic mass is 10.0. The zero-order chi connectivity index (χ0) is 17.5. The minimum atomic E-state index is -0.504. The van der Waals surface area contributed by atoms with Gasteiger partial charge in [0.05, 0.1) is 11.0 Å². The van der Waals surface area contributed by atoms with Gasteiger partial charge < -0.3 is 10.1 Å². The van der Waals surface area contributed by atoms with Crippen LogP contribution in [0.5, 0.6) is 0 Å². The molecule has 1 N–H and O–H groups in total. The van der Waals surface area contributed by atoms with Crippen molar-refractivity contribution in [3.63, 3.8) is 0 Å². The van der Waals surface area contributed by atoms with Crippen molar-refractivity contribution in [2.75, 3.05) is 13.2 Å². The summed E-state index contributed by atoms with van der Waals surface area (Å²) in [5, 5.41) is 23.0. The summed E-state index contributed by atoms with van der Waals surface area (Å²) in [5.74, 6) is -0.504. The SMILES string of the molecule is CCc1ccc(/C=C(\C#N)C(=O)NC[C@@H]2CCCO2)cc1[N+](=O)[O-]. The zero-order valence-electron chi connectivity index (χ0n) is 13.4. The van der Waals surface area contributed by atoms with Gasteiger partial charge in [-0.3, -0.25) is 14.9 Å². The molecule has 126 valence electrons. The van der Waals surface area contributed by atoms with Gasteiger partial charge in [-0.2, -0.15) is 5.26 Å². The van der Waals surface area contributed by atoms with Crippen LogP contribution >= 0.6 is 0 Å². The van der Waals surface area contributed by atoms with Crippen molar-refractivity contribution in [3.05, 3.63) is 45.0 Å². The van der Waals surface area contributed by atoms with Crippen LogP contribution in [-0.4, -0.2) is 30.1 Å². The smallest absolute Gasteiger partial charge is 0.273 e. The Morgan fingerprint density at radius 1 is 1.58 bits per heavy atom. The largest absolute Gasteiger partial charge is 0.376 e. The van der Waals surface area contributed by atoms with Crippen LogP contribution in [-0.2, 0) is 16.0 Å². The molecule has 0 radical (unpaired) electrons. The highest BCUT2D eigenvalue weighted by Crippen LogP contribution is 2.22. The van der Waals surface area contributed by atoms with Crippen LogP contribution in [0.3, 0.4) is 0 Å². The molecule has 1 aromatic rings. The molecule has 2 rings (SSSR count). The molecule has 24 heavy (non-hydrogen) atoms. The third-order valence-corrected chi connectivity index (χ3v) is 3.88. The first-order valence-electron chi connectivity index (χ1n) is 7.84. The summed E-state index contributed by atoms with van der Waals surface area (Å²) >= 11 is 0. The number of carbonyl (C=O) groups is 1. The highest BCUT2D eigenvalue weighted by atomic mass is 16.6. The normalized spacial score (nSPS) is 17.3. The molecule has 0 unspecified atom stereocenters. The molecule has 1 heterocycles. The predicted octanol–water partition coefficient (Wildman–Crippen LogP) is 2.36. The van der Waals surface area contributed by atoms with E-state index in [4.69, 9.17) is 4.74 Å². The van der Waals surface area contributed by atoms with Gasteiger partial charge >= 0.3 is 0 Å². The number of nitro groups is 1. The molecule has 0 saturated carbocycles. The van der Waals surface area contributed by atoms with Crippen molar-refractivity contribution in [1.82, 2.24) is 5.32 Å². The lowest BCUT2D eigenvalue weighted by Crippen LogP contribution is -2.32. The standard InChI is InChI=1S/C17H19N3O4/c1-2-13-6-5-12(9-16(13)20(22)23)8-14(10-18)17(21)19-11-15-4-3-7-24-15/h5-6,8-9,15H,2-4,7,11H2,1H3,(H,19,21)/b14-8+/t15-/m0/s1. The van der Waals surface area contributed by atoms with E-state index in [1.165, 1.54) is 12.1 Å². The molecule has 7 nitrogen and oxygen atoms in total. The van der Waals surface area contributed by atoms with Crippen molar-refractivity contribution in [1.29, 1.82) is 5.26 Å². The number of amides is 1. The van der Waals surface area contributed by atoms with Crippen LogP contribution in [0.1, 0.15) is 30.9 Å². The number of rotatable bonds is 6. The summed E-state index contributed by atoms with van der Waals surface area (Å²) in [7, 11) is 0. The number of nitrogens with one attached hydrogen (secondary N) is 1. The Balaban J connectivity index is 2.14. The van der Waals surface area contributed by atoms with Gasteiger partial charge in [0.15, 0.2) is 0 Å². The van der Waals surface area contributed by atoms with Crippen molar-refractivity contribution in [2.45, 2.75) is 32.3 Å². The third kappa shape index (κ3) is 4.40. The van der Waals surface area contributed by atoms with E-state index >= 15 is 0 Å². The quantitative estimate of drug-likeness (QED) is 0.373. The fraction of sp³-hybridized carbons (Fsp3) is 0.412. The number of aryl methyl sites for hydroxylation is 1. The number of ether oxygens (including phenoxy) is 1. The van der Waals surface area contributed by atoms with Gasteiger partial charge in [-0.15, -0.1) is 0 Å². The van der Waals surface area contributed by atoms with Crippen molar-refractivity contribution >= 4 is 17.7 Å². The monoisotopic (exact) mass is 329 g/mol. The Hall–Kier alpha value is -2.72. The van der Waals surface area contributed by atoms with Gasteiger partial charge in [-0.05, 0) is 30.9 Å². The van der Waals surface area contributed by atoms with Gasteiger partial charge in [0.25, 0.3) is 11.6 Å². The fourth-order valence-electron chi connectivity index (χ4n) is 2.56. The summed E-state index contributed by atoms with van der Waals surface area (Å²) < 4.78 is 5.41. The molecule has 1 aromatic carbocycles. The van der Waals surface area contributed by atoms with Gasteiger partial charge in [0.2, 0.25) is 0 Å². The second kappa shape index (κ2) is 8.22. The average Bonchev–Trinajstić information content (AvgIpc) is 3.10. The molecule has 7 heteroatoms. The van der Waals surface area contributed by atoms with Gasteiger partial charge in [-0.25, -0.2) is 0 Å². The van der Waals surface area contributed by atoms with Crippen LogP contribution in [0.25, 0.3) is 6.08 Å². The number of hydrogen-bond donors (Lipinski definition) is 1. The summed E-state index contributed by atoms with van der Waals surface area (Å²) in [6.07, 6.45) is 3.73. The number of nitro benzene ring substituents is 1. The van der Waals surface area contributed by atoms with Gasteiger partial charge in [0.1, 0.15) is 11.6 Å². The van der Waals surface area contributed by atoms with E-state index in [1.54, 1.807) is 12.1 Å². The maximum Gasteiger partial charge on any atom is 0.273 e. The van der Waals surface area contributed by atoms with E-state index in [-0.39, 0.29) is 17.4 Å². The number of carbonyl (C=O) groups excluding carboxylic acids is 1. The van der Waals surface area contributed by atoms with E-state index in [2.05, 4.69) is 5.32 Å². The van der Waals surface area contributed by atoms with Gasteiger partial charge in [0, 0.05) is 24.8 Å². The molecule has 1 aliphatic rings. The summed E-state index contributed by atoms with van der Waals surface area (Å²) in [5.41, 5.74) is 0.955. The minimum absolute atomic E-state index is 0.0108. The Labute approximate surface area is 140 Å². The van der Waals surface area contributed by atoms with Crippen molar-refractivity contribution < 1.29 is 14.5 Å². The van der Waals surface area contributed by atoms with Crippen LogP contribution in [0.4, 0.5) is 5.69 Å². The molecule has 0 aliphatic carbocycles. The fourth-order valence-corrected chi connectivity index (χ4v) is 2.56. The van der Waals surface area contributed by atoms with Crippen LogP contribution < -0.4 is 5.32 Å². The Morgan fingerprint density at radius 3 is 2.96 bits per heavy atom. The predicted molar refractivity (Wildman–Crippen MR) is 88.0 cm³/mol.